The van der Waals surface area contributed by atoms with E-state index >= 15 is 0 Å². The van der Waals surface area contributed by atoms with Crippen molar-refractivity contribution in [3.8, 4) is 5.69 Å². The summed E-state index contributed by atoms with van der Waals surface area (Å²) in [6.45, 7) is 1.34. The van der Waals surface area contributed by atoms with Gasteiger partial charge in [-0.05, 0) is 42.3 Å². The van der Waals surface area contributed by atoms with E-state index in [1.807, 2.05) is 52.7 Å². The molecule has 1 aliphatic heterocycles. The first-order valence-corrected chi connectivity index (χ1v) is 9.71. The molecule has 0 spiro atoms. The second kappa shape index (κ2) is 7.43. The summed E-state index contributed by atoms with van der Waals surface area (Å²) in [5, 5.41) is 16.8. The van der Waals surface area contributed by atoms with Gasteiger partial charge in [0.05, 0.1) is 23.6 Å². The van der Waals surface area contributed by atoms with E-state index in [1.54, 1.807) is 28.4 Å². The van der Waals surface area contributed by atoms with E-state index in [0.717, 1.165) is 23.4 Å². The zero-order chi connectivity index (χ0) is 17.9. The number of aliphatic hydroxyl groups excluding tert-OH is 1. The zero-order valence-electron chi connectivity index (χ0n) is 14.4. The molecule has 0 unspecified atom stereocenters. The Morgan fingerprint density at radius 2 is 1.92 bits per heavy atom. The lowest BCUT2D eigenvalue weighted by Gasteiger charge is -2.33. The Bertz CT molecular complexity index is 852. The van der Waals surface area contributed by atoms with Gasteiger partial charge in [-0.1, -0.05) is 24.3 Å². The Kier molecular flexibility index (Phi) is 4.86. The molecule has 26 heavy (non-hydrogen) atoms. The van der Waals surface area contributed by atoms with Crippen LogP contribution in [0.25, 0.3) is 5.69 Å². The van der Waals surface area contributed by atoms with Gasteiger partial charge in [0, 0.05) is 24.2 Å². The van der Waals surface area contributed by atoms with Gasteiger partial charge in [-0.2, -0.15) is 5.10 Å². The predicted molar refractivity (Wildman–Crippen MR) is 101 cm³/mol. The highest BCUT2D eigenvalue weighted by atomic mass is 32.1. The van der Waals surface area contributed by atoms with Gasteiger partial charge in [-0.25, -0.2) is 4.68 Å². The third-order valence-corrected chi connectivity index (χ3v) is 5.90. The van der Waals surface area contributed by atoms with Gasteiger partial charge in [0.1, 0.15) is 0 Å². The van der Waals surface area contributed by atoms with Gasteiger partial charge in [0.2, 0.25) is 0 Å². The normalized spacial score (nSPS) is 16.6. The van der Waals surface area contributed by atoms with E-state index in [4.69, 9.17) is 0 Å². The summed E-state index contributed by atoms with van der Waals surface area (Å²) in [4.78, 5) is 15.6. The SMILES string of the molecule is O=C(c1cnn(-c2ccccc2)c1)N1CCC([C@@H](O)c2cccs2)CC1. The fourth-order valence-corrected chi connectivity index (χ4v) is 4.25. The number of benzene rings is 1. The molecule has 1 fully saturated rings. The Labute approximate surface area is 156 Å². The molecule has 1 saturated heterocycles. The number of piperidine rings is 1. The summed E-state index contributed by atoms with van der Waals surface area (Å²) >= 11 is 1.59. The van der Waals surface area contributed by atoms with Gasteiger partial charge in [0.15, 0.2) is 0 Å². The van der Waals surface area contributed by atoms with Crippen LogP contribution in [0.2, 0.25) is 0 Å². The summed E-state index contributed by atoms with van der Waals surface area (Å²) in [7, 11) is 0. The van der Waals surface area contributed by atoms with E-state index in [-0.39, 0.29) is 11.8 Å². The minimum Gasteiger partial charge on any atom is -0.387 e. The number of carbonyl (C=O) groups excluding carboxylic acids is 1. The van der Waals surface area contributed by atoms with Crippen LogP contribution in [-0.4, -0.2) is 38.8 Å². The van der Waals surface area contributed by atoms with Crippen LogP contribution in [0.3, 0.4) is 0 Å². The van der Waals surface area contributed by atoms with Crippen molar-refractivity contribution in [2.24, 2.45) is 5.92 Å². The van der Waals surface area contributed by atoms with Crippen LogP contribution in [0, 0.1) is 5.92 Å². The second-order valence-electron chi connectivity index (χ2n) is 6.60. The van der Waals surface area contributed by atoms with Gasteiger partial charge in [-0.15, -0.1) is 11.3 Å². The molecule has 1 N–H and O–H groups in total. The number of amides is 1. The molecule has 134 valence electrons. The largest absolute Gasteiger partial charge is 0.387 e. The fourth-order valence-electron chi connectivity index (χ4n) is 3.45. The van der Waals surface area contributed by atoms with Crippen LogP contribution in [0.4, 0.5) is 0 Å². The molecule has 1 aliphatic rings. The first-order valence-electron chi connectivity index (χ1n) is 8.83. The highest BCUT2D eigenvalue weighted by Crippen LogP contribution is 2.33. The Morgan fingerprint density at radius 3 is 2.62 bits per heavy atom. The lowest BCUT2D eigenvalue weighted by molar-refractivity contribution is 0.0474. The molecule has 1 amide bonds. The minimum absolute atomic E-state index is 0.0104. The summed E-state index contributed by atoms with van der Waals surface area (Å²) in [6, 6.07) is 13.7. The molecule has 1 aromatic carbocycles. The van der Waals surface area contributed by atoms with Crippen molar-refractivity contribution in [3.63, 3.8) is 0 Å². The molecule has 0 aliphatic carbocycles. The number of hydrogen-bond donors (Lipinski definition) is 1. The maximum absolute atomic E-state index is 12.8. The average Bonchev–Trinajstić information content (AvgIpc) is 3.40. The van der Waals surface area contributed by atoms with Gasteiger partial charge >= 0.3 is 0 Å². The Morgan fingerprint density at radius 1 is 1.15 bits per heavy atom. The predicted octanol–water partition coefficient (Wildman–Crippen LogP) is 3.52. The number of carbonyl (C=O) groups is 1. The summed E-state index contributed by atoms with van der Waals surface area (Å²) < 4.78 is 1.72. The van der Waals surface area contributed by atoms with Crippen molar-refractivity contribution in [2.75, 3.05) is 13.1 Å². The average molecular weight is 367 g/mol. The van der Waals surface area contributed by atoms with Crippen LogP contribution < -0.4 is 0 Å². The molecule has 3 aromatic rings. The monoisotopic (exact) mass is 367 g/mol. The smallest absolute Gasteiger partial charge is 0.257 e. The molecular weight excluding hydrogens is 346 g/mol. The van der Waals surface area contributed by atoms with Crippen LogP contribution in [0.1, 0.15) is 34.2 Å². The number of likely N-dealkylation sites (tertiary alicyclic amines) is 1. The highest BCUT2D eigenvalue weighted by Gasteiger charge is 2.29. The number of hydrogen-bond acceptors (Lipinski definition) is 4. The highest BCUT2D eigenvalue weighted by molar-refractivity contribution is 7.10. The number of aromatic nitrogens is 2. The Hall–Kier alpha value is -2.44. The fraction of sp³-hybridized carbons (Fsp3) is 0.300. The van der Waals surface area contributed by atoms with Gasteiger partial charge in [0.25, 0.3) is 5.91 Å². The summed E-state index contributed by atoms with van der Waals surface area (Å²) in [5.74, 6) is 0.223. The van der Waals surface area contributed by atoms with Crippen molar-refractivity contribution in [1.82, 2.24) is 14.7 Å². The van der Waals surface area contributed by atoms with E-state index in [1.165, 1.54) is 0 Å². The summed E-state index contributed by atoms with van der Waals surface area (Å²) in [6.07, 6.45) is 4.62. The molecule has 6 heteroatoms. The number of aliphatic hydroxyl groups is 1. The molecule has 4 rings (SSSR count). The van der Waals surface area contributed by atoms with Crippen LogP contribution in [-0.2, 0) is 0 Å². The third kappa shape index (κ3) is 3.43. The van der Waals surface area contributed by atoms with E-state index < -0.39 is 6.10 Å². The summed E-state index contributed by atoms with van der Waals surface area (Å²) in [5.41, 5.74) is 1.54. The molecule has 0 bridgehead atoms. The Balaban J connectivity index is 1.39. The first-order chi connectivity index (χ1) is 12.7. The van der Waals surface area contributed by atoms with Crippen molar-refractivity contribution < 1.29 is 9.90 Å². The van der Waals surface area contributed by atoms with E-state index in [2.05, 4.69) is 5.10 Å². The van der Waals surface area contributed by atoms with Crippen molar-refractivity contribution >= 4 is 17.2 Å². The molecule has 3 heterocycles. The molecular formula is C20H21N3O2S. The standard InChI is InChI=1S/C20H21N3O2S/c24-19(18-7-4-12-26-18)15-8-10-22(11-9-15)20(25)16-13-21-23(14-16)17-5-2-1-3-6-17/h1-7,12-15,19,24H,8-11H2/t19-/m1/s1. The lowest BCUT2D eigenvalue weighted by Crippen LogP contribution is -2.39. The van der Waals surface area contributed by atoms with Gasteiger partial charge < -0.3 is 10.0 Å². The van der Waals surface area contributed by atoms with Crippen LogP contribution in [0.5, 0.6) is 0 Å². The maximum Gasteiger partial charge on any atom is 0.257 e. The first kappa shape index (κ1) is 17.0. The molecule has 2 aromatic heterocycles. The maximum atomic E-state index is 12.8. The second-order valence-corrected chi connectivity index (χ2v) is 7.58. The van der Waals surface area contributed by atoms with E-state index in [0.29, 0.717) is 18.7 Å². The van der Waals surface area contributed by atoms with Crippen molar-refractivity contribution in [2.45, 2.75) is 18.9 Å². The minimum atomic E-state index is -0.423. The number of para-hydroxylation sites is 1. The third-order valence-electron chi connectivity index (χ3n) is 4.96. The van der Waals surface area contributed by atoms with Crippen molar-refractivity contribution in [3.05, 3.63) is 70.7 Å². The number of rotatable bonds is 4. The lowest BCUT2D eigenvalue weighted by atomic mass is 9.90. The van der Waals surface area contributed by atoms with Crippen LogP contribution >= 0.6 is 11.3 Å². The zero-order valence-corrected chi connectivity index (χ0v) is 15.2. The van der Waals surface area contributed by atoms with Crippen molar-refractivity contribution in [1.29, 1.82) is 0 Å². The molecule has 5 nitrogen and oxygen atoms in total. The molecule has 0 saturated carbocycles. The number of thiophene rings is 1. The number of nitrogens with zero attached hydrogens (tertiary/aromatic N) is 3. The van der Waals surface area contributed by atoms with E-state index in [9.17, 15) is 9.90 Å². The molecule has 0 radical (unpaired) electrons. The topological polar surface area (TPSA) is 58.4 Å². The van der Waals surface area contributed by atoms with Crippen LogP contribution in [0.15, 0.2) is 60.2 Å². The quantitative estimate of drug-likeness (QED) is 0.768. The van der Waals surface area contributed by atoms with Gasteiger partial charge in [-0.3, -0.25) is 4.79 Å². The molecule has 1 atom stereocenters.